The smallest absolute Gasteiger partial charge is 0.249 e. The molecule has 0 aliphatic heterocycles. The highest BCUT2D eigenvalue weighted by Crippen LogP contribution is 2.32. The maximum Gasteiger partial charge on any atom is 0.249 e. The van der Waals surface area contributed by atoms with Gasteiger partial charge in [0.15, 0.2) is 5.78 Å². The molecule has 1 fully saturated rings. The Morgan fingerprint density at radius 3 is 2.50 bits per heavy atom. The zero-order valence-electron chi connectivity index (χ0n) is 20.0. The SMILES string of the molecule is CC(=O)c1ccc(N(C(=O)Cn2nnc3ccccc32)[C@H](C(=O)NC2CCCC2)c2cccs2)cc1. The highest BCUT2D eigenvalue weighted by Gasteiger charge is 2.35. The number of fused-ring (bicyclic) bond motifs is 1. The lowest BCUT2D eigenvalue weighted by atomic mass is 10.1. The van der Waals surface area contributed by atoms with E-state index < -0.39 is 6.04 Å². The Morgan fingerprint density at radius 2 is 1.81 bits per heavy atom. The van der Waals surface area contributed by atoms with Gasteiger partial charge in [0.05, 0.1) is 5.52 Å². The molecule has 1 saturated carbocycles. The molecule has 0 bridgehead atoms. The van der Waals surface area contributed by atoms with Gasteiger partial charge < -0.3 is 5.32 Å². The summed E-state index contributed by atoms with van der Waals surface area (Å²) in [5.41, 5.74) is 2.50. The largest absolute Gasteiger partial charge is 0.351 e. The number of nitrogens with zero attached hydrogens (tertiary/aromatic N) is 4. The van der Waals surface area contributed by atoms with Gasteiger partial charge in [-0.1, -0.05) is 36.3 Å². The molecule has 1 N–H and O–H groups in total. The molecule has 1 atom stereocenters. The molecule has 2 aromatic heterocycles. The number of carbonyl (C=O) groups is 3. The van der Waals surface area contributed by atoms with Gasteiger partial charge in [-0.25, -0.2) is 4.68 Å². The second kappa shape index (κ2) is 10.4. The summed E-state index contributed by atoms with van der Waals surface area (Å²) in [6.45, 7) is 1.41. The van der Waals surface area contributed by atoms with Crippen LogP contribution in [0.15, 0.2) is 66.0 Å². The summed E-state index contributed by atoms with van der Waals surface area (Å²) in [5.74, 6) is -0.583. The molecule has 8 nitrogen and oxygen atoms in total. The Hall–Kier alpha value is -3.85. The first-order chi connectivity index (χ1) is 17.5. The number of carbonyl (C=O) groups excluding carboxylic acids is 3. The molecule has 1 aliphatic carbocycles. The van der Waals surface area contributed by atoms with Gasteiger partial charge in [0.25, 0.3) is 0 Å². The second-order valence-electron chi connectivity index (χ2n) is 9.01. The van der Waals surface area contributed by atoms with Gasteiger partial charge in [0.1, 0.15) is 18.1 Å². The average Bonchev–Trinajstić information content (AvgIpc) is 3.66. The molecule has 0 radical (unpaired) electrons. The topological polar surface area (TPSA) is 97.2 Å². The van der Waals surface area contributed by atoms with Crippen molar-refractivity contribution in [1.82, 2.24) is 20.3 Å². The lowest BCUT2D eigenvalue weighted by Crippen LogP contribution is -2.47. The molecule has 0 unspecified atom stereocenters. The van der Waals surface area contributed by atoms with Crippen LogP contribution in [0.1, 0.15) is 53.9 Å². The number of Topliss-reactive ketones (excluding diaryl/α,β-unsaturated/α-hetero) is 1. The van der Waals surface area contributed by atoms with E-state index in [1.54, 1.807) is 28.9 Å². The van der Waals surface area contributed by atoms with Crippen molar-refractivity contribution in [2.75, 3.05) is 4.90 Å². The summed E-state index contributed by atoms with van der Waals surface area (Å²) >= 11 is 1.43. The van der Waals surface area contributed by atoms with Crippen LogP contribution in [0, 0.1) is 0 Å². The van der Waals surface area contributed by atoms with Crippen molar-refractivity contribution in [1.29, 1.82) is 0 Å². The summed E-state index contributed by atoms with van der Waals surface area (Å²) in [6, 6.07) is 17.2. The third kappa shape index (κ3) is 4.92. The van der Waals surface area contributed by atoms with E-state index in [-0.39, 0.29) is 30.2 Å². The number of rotatable bonds is 8. The molecule has 184 valence electrons. The minimum Gasteiger partial charge on any atom is -0.351 e. The standard InChI is InChI=1S/C27H27N5O3S/c1-18(33)19-12-14-21(15-13-19)32(25(34)17-31-23-10-5-4-9-22(23)29-30-31)26(24-11-6-16-36-24)27(35)28-20-7-2-3-8-20/h4-6,9-16,20,26H,2-3,7-8,17H2,1H3,(H,28,35)/t26-/m0/s1. The molecule has 36 heavy (non-hydrogen) atoms. The summed E-state index contributed by atoms with van der Waals surface area (Å²) < 4.78 is 1.55. The summed E-state index contributed by atoms with van der Waals surface area (Å²) in [5, 5.41) is 13.4. The lowest BCUT2D eigenvalue weighted by molar-refractivity contribution is -0.127. The van der Waals surface area contributed by atoms with Gasteiger partial charge in [-0.2, -0.15) is 0 Å². The van der Waals surface area contributed by atoms with Crippen molar-refractivity contribution in [3.8, 4) is 0 Å². The number of nitrogens with one attached hydrogen (secondary N) is 1. The van der Waals surface area contributed by atoms with Gasteiger partial charge in [-0.3, -0.25) is 19.3 Å². The normalized spacial score (nSPS) is 14.6. The zero-order chi connectivity index (χ0) is 25.1. The number of anilines is 1. The van der Waals surface area contributed by atoms with Gasteiger partial charge in [0.2, 0.25) is 11.8 Å². The minimum absolute atomic E-state index is 0.0673. The fourth-order valence-electron chi connectivity index (χ4n) is 4.70. The second-order valence-corrected chi connectivity index (χ2v) is 9.99. The average molecular weight is 502 g/mol. The first-order valence-corrected chi connectivity index (χ1v) is 12.9. The monoisotopic (exact) mass is 501 g/mol. The van der Waals surface area contributed by atoms with E-state index in [1.807, 2.05) is 41.8 Å². The van der Waals surface area contributed by atoms with E-state index >= 15 is 0 Å². The van der Waals surface area contributed by atoms with E-state index in [1.165, 1.54) is 23.2 Å². The maximum atomic E-state index is 13.9. The van der Waals surface area contributed by atoms with Crippen LogP contribution in [0.5, 0.6) is 0 Å². The molecule has 0 saturated heterocycles. The molecule has 0 spiro atoms. The quantitative estimate of drug-likeness (QED) is 0.358. The van der Waals surface area contributed by atoms with Crippen LogP contribution >= 0.6 is 11.3 Å². The Morgan fingerprint density at radius 1 is 1.06 bits per heavy atom. The van der Waals surface area contributed by atoms with Crippen molar-refractivity contribution >= 4 is 45.7 Å². The lowest BCUT2D eigenvalue weighted by Gasteiger charge is -2.31. The number of aromatic nitrogens is 3. The van der Waals surface area contributed by atoms with Crippen molar-refractivity contribution < 1.29 is 14.4 Å². The molecule has 4 aromatic rings. The molecule has 9 heteroatoms. The number of para-hydroxylation sites is 1. The molecular weight excluding hydrogens is 474 g/mol. The number of ketones is 1. The van der Waals surface area contributed by atoms with Crippen LogP contribution in [0.3, 0.4) is 0 Å². The summed E-state index contributed by atoms with van der Waals surface area (Å²) in [7, 11) is 0. The third-order valence-electron chi connectivity index (χ3n) is 6.55. The first kappa shape index (κ1) is 23.9. The van der Waals surface area contributed by atoms with Crippen LogP contribution in [-0.4, -0.2) is 38.6 Å². The number of hydrogen-bond donors (Lipinski definition) is 1. The molecule has 2 aromatic carbocycles. The fraction of sp³-hybridized carbons (Fsp3) is 0.296. The summed E-state index contributed by atoms with van der Waals surface area (Å²) in [4.78, 5) is 41.8. The maximum absolute atomic E-state index is 13.9. The van der Waals surface area contributed by atoms with E-state index in [2.05, 4.69) is 15.6 Å². The molecule has 2 amide bonds. The van der Waals surface area contributed by atoms with Crippen molar-refractivity contribution in [2.24, 2.45) is 0 Å². The fourth-order valence-corrected chi connectivity index (χ4v) is 5.52. The predicted octanol–water partition coefficient (Wildman–Crippen LogP) is 4.53. The van der Waals surface area contributed by atoms with Crippen LogP contribution in [0.25, 0.3) is 11.0 Å². The van der Waals surface area contributed by atoms with E-state index in [9.17, 15) is 14.4 Å². The Kier molecular flexibility index (Phi) is 6.90. The highest BCUT2D eigenvalue weighted by molar-refractivity contribution is 7.10. The first-order valence-electron chi connectivity index (χ1n) is 12.1. The number of thiophene rings is 1. The molecule has 1 aliphatic rings. The summed E-state index contributed by atoms with van der Waals surface area (Å²) in [6.07, 6.45) is 4.05. The number of benzene rings is 2. The highest BCUT2D eigenvalue weighted by atomic mass is 32.1. The number of hydrogen-bond acceptors (Lipinski definition) is 6. The van der Waals surface area contributed by atoms with Gasteiger partial charge in [-0.15, -0.1) is 16.4 Å². The van der Waals surface area contributed by atoms with Crippen LogP contribution in [0.2, 0.25) is 0 Å². The van der Waals surface area contributed by atoms with Crippen LogP contribution in [-0.2, 0) is 16.1 Å². The van der Waals surface area contributed by atoms with Crippen molar-refractivity contribution in [3.05, 3.63) is 76.5 Å². The van der Waals surface area contributed by atoms with E-state index in [0.29, 0.717) is 16.8 Å². The molecule has 2 heterocycles. The van der Waals surface area contributed by atoms with E-state index in [4.69, 9.17) is 0 Å². The molecular formula is C27H27N5O3S. The van der Waals surface area contributed by atoms with Gasteiger partial charge >= 0.3 is 0 Å². The predicted molar refractivity (Wildman–Crippen MR) is 139 cm³/mol. The van der Waals surface area contributed by atoms with Crippen LogP contribution < -0.4 is 10.2 Å². The Labute approximate surface area is 212 Å². The molecule has 5 rings (SSSR count). The Bertz CT molecular complexity index is 1370. The van der Waals surface area contributed by atoms with Crippen molar-refractivity contribution in [3.63, 3.8) is 0 Å². The third-order valence-corrected chi connectivity index (χ3v) is 7.47. The zero-order valence-corrected chi connectivity index (χ0v) is 20.8. The minimum atomic E-state index is -0.851. The van der Waals surface area contributed by atoms with E-state index in [0.717, 1.165) is 36.1 Å². The Balaban J connectivity index is 1.54. The van der Waals surface area contributed by atoms with Crippen LogP contribution in [0.4, 0.5) is 5.69 Å². The van der Waals surface area contributed by atoms with Gasteiger partial charge in [0, 0.05) is 22.2 Å². The van der Waals surface area contributed by atoms with Gasteiger partial charge in [-0.05, 0) is 67.6 Å². The number of amides is 2. The van der Waals surface area contributed by atoms with Crippen molar-refractivity contribution in [2.45, 2.75) is 51.2 Å².